The van der Waals surface area contributed by atoms with Crippen molar-refractivity contribution in [2.45, 2.75) is 20.0 Å². The van der Waals surface area contributed by atoms with E-state index in [0.29, 0.717) is 18.0 Å². The molecule has 3 rings (SSSR count). The molecule has 0 aliphatic carbocycles. The number of ether oxygens (including phenoxy) is 1. The van der Waals surface area contributed by atoms with E-state index in [2.05, 4.69) is 30.2 Å². The molecule has 9 nitrogen and oxygen atoms in total. The van der Waals surface area contributed by atoms with Crippen molar-refractivity contribution in [3.05, 3.63) is 30.0 Å². The minimum Gasteiger partial charge on any atom is -0.468 e. The molecule has 0 bridgehead atoms. The van der Waals surface area contributed by atoms with Gasteiger partial charge in [0.1, 0.15) is 18.7 Å². The molecule has 0 aromatic carbocycles. The maximum Gasteiger partial charge on any atom is 0.327 e. The standard InChI is InChI=1S/C14H17N7O2/c1-9-10(5-18-20(9)2)4-15-13-11-6-19-21(7-12(22)23-3)14(11)17-8-16-13/h5-6,8H,4,7H2,1-3H3,(H,15,16,17). The lowest BCUT2D eigenvalue weighted by Crippen LogP contribution is -2.13. The smallest absolute Gasteiger partial charge is 0.327 e. The van der Waals surface area contributed by atoms with E-state index in [0.717, 1.165) is 16.6 Å². The second kappa shape index (κ2) is 6.03. The number of fused-ring (bicyclic) bond motifs is 1. The van der Waals surface area contributed by atoms with E-state index < -0.39 is 0 Å². The van der Waals surface area contributed by atoms with Gasteiger partial charge in [-0.2, -0.15) is 10.2 Å². The summed E-state index contributed by atoms with van der Waals surface area (Å²) >= 11 is 0. The summed E-state index contributed by atoms with van der Waals surface area (Å²) in [4.78, 5) is 19.9. The zero-order chi connectivity index (χ0) is 16.4. The van der Waals surface area contributed by atoms with Gasteiger partial charge in [-0.25, -0.2) is 14.6 Å². The molecule has 3 aromatic heterocycles. The lowest BCUT2D eigenvalue weighted by atomic mass is 10.2. The van der Waals surface area contributed by atoms with E-state index in [1.807, 2.05) is 24.9 Å². The number of anilines is 1. The van der Waals surface area contributed by atoms with E-state index in [1.165, 1.54) is 18.1 Å². The number of rotatable bonds is 5. The molecule has 0 fully saturated rings. The van der Waals surface area contributed by atoms with Gasteiger partial charge in [-0.3, -0.25) is 9.48 Å². The molecule has 0 unspecified atom stereocenters. The quantitative estimate of drug-likeness (QED) is 0.690. The Labute approximate surface area is 132 Å². The Morgan fingerprint density at radius 3 is 2.83 bits per heavy atom. The molecule has 0 amide bonds. The maximum absolute atomic E-state index is 11.4. The zero-order valence-corrected chi connectivity index (χ0v) is 13.1. The van der Waals surface area contributed by atoms with Gasteiger partial charge in [-0.1, -0.05) is 0 Å². The summed E-state index contributed by atoms with van der Waals surface area (Å²) in [6.45, 7) is 2.61. The number of methoxy groups -OCH3 is 1. The Hall–Kier alpha value is -2.97. The minimum atomic E-state index is -0.380. The normalized spacial score (nSPS) is 10.9. The molecule has 120 valence electrons. The fraction of sp³-hybridized carbons (Fsp3) is 0.357. The van der Waals surface area contributed by atoms with Crippen LogP contribution in [0.1, 0.15) is 11.3 Å². The van der Waals surface area contributed by atoms with E-state index in [1.54, 1.807) is 6.20 Å². The highest BCUT2D eigenvalue weighted by Crippen LogP contribution is 2.19. The van der Waals surface area contributed by atoms with Gasteiger partial charge in [0.05, 0.1) is 24.9 Å². The number of aryl methyl sites for hydroxylation is 1. The number of hydrogen-bond donors (Lipinski definition) is 1. The van der Waals surface area contributed by atoms with Crippen molar-refractivity contribution in [3.63, 3.8) is 0 Å². The Kier molecular flexibility index (Phi) is 3.92. The Balaban J connectivity index is 1.84. The first-order valence-electron chi connectivity index (χ1n) is 7.05. The van der Waals surface area contributed by atoms with Crippen LogP contribution in [0.4, 0.5) is 5.82 Å². The predicted octanol–water partition coefficient (Wildman–Crippen LogP) is 0.653. The van der Waals surface area contributed by atoms with Crippen LogP contribution in [-0.4, -0.2) is 42.6 Å². The van der Waals surface area contributed by atoms with Crippen LogP contribution < -0.4 is 5.32 Å². The highest BCUT2D eigenvalue weighted by atomic mass is 16.5. The predicted molar refractivity (Wildman–Crippen MR) is 82.6 cm³/mol. The summed E-state index contributed by atoms with van der Waals surface area (Å²) in [7, 11) is 3.24. The second-order valence-electron chi connectivity index (χ2n) is 5.07. The van der Waals surface area contributed by atoms with E-state index in [9.17, 15) is 4.79 Å². The lowest BCUT2D eigenvalue weighted by molar-refractivity contribution is -0.141. The molecule has 0 aliphatic rings. The highest BCUT2D eigenvalue weighted by Gasteiger charge is 2.13. The van der Waals surface area contributed by atoms with Crippen molar-refractivity contribution < 1.29 is 9.53 Å². The topological polar surface area (TPSA) is 99.8 Å². The van der Waals surface area contributed by atoms with Gasteiger partial charge in [-0.15, -0.1) is 0 Å². The van der Waals surface area contributed by atoms with Crippen LogP contribution in [0.5, 0.6) is 0 Å². The number of esters is 1. The monoisotopic (exact) mass is 315 g/mol. The molecule has 3 aromatic rings. The van der Waals surface area contributed by atoms with E-state index >= 15 is 0 Å². The van der Waals surface area contributed by atoms with Crippen molar-refractivity contribution in [2.24, 2.45) is 7.05 Å². The van der Waals surface area contributed by atoms with E-state index in [4.69, 9.17) is 0 Å². The number of hydrogen-bond acceptors (Lipinski definition) is 7. The molecule has 1 N–H and O–H groups in total. The average Bonchev–Trinajstić information content (AvgIpc) is 3.11. The first-order chi connectivity index (χ1) is 11.1. The second-order valence-corrected chi connectivity index (χ2v) is 5.07. The van der Waals surface area contributed by atoms with Gasteiger partial charge in [0.2, 0.25) is 0 Å². The fourth-order valence-electron chi connectivity index (χ4n) is 2.23. The van der Waals surface area contributed by atoms with Crippen LogP contribution in [-0.2, 0) is 29.7 Å². The number of carbonyl (C=O) groups excluding carboxylic acids is 1. The lowest BCUT2D eigenvalue weighted by Gasteiger charge is -2.06. The summed E-state index contributed by atoms with van der Waals surface area (Å²) in [5.74, 6) is 0.281. The van der Waals surface area contributed by atoms with Crippen LogP contribution in [0.25, 0.3) is 11.0 Å². The van der Waals surface area contributed by atoms with Gasteiger partial charge in [0, 0.05) is 24.8 Å². The van der Waals surface area contributed by atoms with E-state index in [-0.39, 0.29) is 12.5 Å². The van der Waals surface area contributed by atoms with Crippen molar-refractivity contribution in [1.82, 2.24) is 29.5 Å². The summed E-state index contributed by atoms with van der Waals surface area (Å²) in [5, 5.41) is 12.4. The van der Waals surface area contributed by atoms with Gasteiger partial charge < -0.3 is 10.1 Å². The number of carbonyl (C=O) groups is 1. The Bertz CT molecular complexity index is 852. The van der Waals surface area contributed by atoms with Crippen LogP contribution in [0.15, 0.2) is 18.7 Å². The van der Waals surface area contributed by atoms with Gasteiger partial charge in [0.25, 0.3) is 0 Å². The summed E-state index contributed by atoms with van der Waals surface area (Å²) in [5.41, 5.74) is 2.75. The third kappa shape index (κ3) is 2.85. The number of aromatic nitrogens is 6. The molecule has 0 atom stereocenters. The molecule has 9 heteroatoms. The number of nitrogens with one attached hydrogen (secondary N) is 1. The summed E-state index contributed by atoms with van der Waals surface area (Å²) in [6, 6.07) is 0. The van der Waals surface area contributed by atoms with Crippen LogP contribution >= 0.6 is 0 Å². The van der Waals surface area contributed by atoms with Crippen molar-refractivity contribution >= 4 is 22.8 Å². The molecular formula is C14H17N7O2. The molecule has 3 heterocycles. The number of nitrogens with zero attached hydrogens (tertiary/aromatic N) is 6. The minimum absolute atomic E-state index is 0.0121. The third-order valence-corrected chi connectivity index (χ3v) is 3.72. The molecule has 0 saturated heterocycles. The van der Waals surface area contributed by atoms with Crippen LogP contribution in [0.2, 0.25) is 0 Å². The summed E-state index contributed by atoms with van der Waals surface area (Å²) < 4.78 is 7.97. The van der Waals surface area contributed by atoms with Gasteiger partial charge >= 0.3 is 5.97 Å². The zero-order valence-electron chi connectivity index (χ0n) is 13.1. The van der Waals surface area contributed by atoms with Crippen molar-refractivity contribution in [1.29, 1.82) is 0 Å². The van der Waals surface area contributed by atoms with Crippen LogP contribution in [0.3, 0.4) is 0 Å². The van der Waals surface area contributed by atoms with Crippen molar-refractivity contribution in [3.8, 4) is 0 Å². The molecule has 0 saturated carbocycles. The molecule has 0 spiro atoms. The van der Waals surface area contributed by atoms with Crippen molar-refractivity contribution in [2.75, 3.05) is 12.4 Å². The fourth-order valence-corrected chi connectivity index (χ4v) is 2.23. The Morgan fingerprint density at radius 2 is 2.13 bits per heavy atom. The van der Waals surface area contributed by atoms with Gasteiger partial charge in [0.15, 0.2) is 5.65 Å². The third-order valence-electron chi connectivity index (χ3n) is 3.72. The Morgan fingerprint density at radius 1 is 1.30 bits per heavy atom. The highest BCUT2D eigenvalue weighted by molar-refractivity contribution is 5.86. The largest absolute Gasteiger partial charge is 0.468 e. The average molecular weight is 315 g/mol. The molecule has 0 radical (unpaired) electrons. The first-order valence-corrected chi connectivity index (χ1v) is 7.05. The van der Waals surface area contributed by atoms with Gasteiger partial charge in [-0.05, 0) is 6.92 Å². The maximum atomic E-state index is 11.4. The van der Waals surface area contributed by atoms with Crippen LogP contribution in [0, 0.1) is 6.92 Å². The molecule has 23 heavy (non-hydrogen) atoms. The SMILES string of the molecule is COC(=O)Cn1ncc2c(NCc3cnn(C)c3C)ncnc21. The first kappa shape index (κ1) is 14.9. The molecular weight excluding hydrogens is 298 g/mol. The summed E-state index contributed by atoms with van der Waals surface area (Å²) in [6.07, 6.45) is 4.90. The molecule has 0 aliphatic heterocycles.